The third-order valence-electron chi connectivity index (χ3n) is 4.14. The third kappa shape index (κ3) is 4.19. The lowest BCUT2D eigenvalue weighted by Crippen LogP contribution is -2.26. The Bertz CT molecular complexity index is 1110. The van der Waals surface area contributed by atoms with Crippen molar-refractivity contribution in [3.63, 3.8) is 0 Å². The Morgan fingerprint density at radius 2 is 1.93 bits per heavy atom. The summed E-state index contributed by atoms with van der Waals surface area (Å²) in [6, 6.07) is 14.4. The number of aliphatic hydroxyl groups excluding tert-OH is 1. The Hall–Kier alpha value is -3.63. The standard InChI is InChI=1S/C21H19N3O4/c25-14-6-8-15-7-4-11-17-19(15)20(26)24(16-9-2-1-3-10-16)18(23-17)12-5-13-22-21(27)28/h1-4,7,9-11,22,25H,5,12-14H2,(H,27,28). The summed E-state index contributed by atoms with van der Waals surface area (Å²) in [4.78, 5) is 28.7. The fourth-order valence-electron chi connectivity index (χ4n) is 2.97. The first-order chi connectivity index (χ1) is 13.6. The minimum Gasteiger partial charge on any atom is -0.465 e. The number of hydrogen-bond acceptors (Lipinski definition) is 4. The zero-order valence-electron chi connectivity index (χ0n) is 15.1. The van der Waals surface area contributed by atoms with Gasteiger partial charge in [-0.25, -0.2) is 9.78 Å². The summed E-state index contributed by atoms with van der Waals surface area (Å²) in [5.74, 6) is 5.93. The summed E-state index contributed by atoms with van der Waals surface area (Å²) < 4.78 is 1.53. The van der Waals surface area contributed by atoms with E-state index in [1.807, 2.05) is 30.3 Å². The van der Waals surface area contributed by atoms with Gasteiger partial charge in [0.05, 0.1) is 16.6 Å². The van der Waals surface area contributed by atoms with Crippen molar-refractivity contribution in [2.75, 3.05) is 13.2 Å². The van der Waals surface area contributed by atoms with Crippen LogP contribution in [0.15, 0.2) is 53.3 Å². The Kier molecular flexibility index (Phi) is 6.04. The fourth-order valence-corrected chi connectivity index (χ4v) is 2.97. The molecule has 0 radical (unpaired) electrons. The molecule has 0 unspecified atom stereocenters. The van der Waals surface area contributed by atoms with Crippen LogP contribution >= 0.6 is 0 Å². The van der Waals surface area contributed by atoms with Crippen LogP contribution in [0.1, 0.15) is 17.8 Å². The zero-order chi connectivity index (χ0) is 19.9. The van der Waals surface area contributed by atoms with Crippen LogP contribution in [-0.2, 0) is 6.42 Å². The number of amides is 1. The van der Waals surface area contributed by atoms with E-state index in [0.29, 0.717) is 40.8 Å². The van der Waals surface area contributed by atoms with Crippen LogP contribution in [0, 0.1) is 11.8 Å². The number of fused-ring (bicyclic) bond motifs is 1. The lowest BCUT2D eigenvalue weighted by Gasteiger charge is -2.14. The number of hydrogen-bond donors (Lipinski definition) is 3. The van der Waals surface area contributed by atoms with Crippen LogP contribution in [0.25, 0.3) is 16.6 Å². The number of rotatable bonds is 5. The molecule has 7 nitrogen and oxygen atoms in total. The predicted octanol–water partition coefficient (Wildman–Crippen LogP) is 1.93. The molecule has 0 saturated carbocycles. The third-order valence-corrected chi connectivity index (χ3v) is 4.14. The van der Waals surface area contributed by atoms with E-state index in [-0.39, 0.29) is 18.7 Å². The number of benzene rings is 2. The molecule has 7 heteroatoms. The van der Waals surface area contributed by atoms with Crippen LogP contribution in [0.2, 0.25) is 0 Å². The summed E-state index contributed by atoms with van der Waals surface area (Å²) in [5, 5.41) is 20.4. The average Bonchev–Trinajstić information content (AvgIpc) is 2.70. The molecular weight excluding hydrogens is 358 g/mol. The van der Waals surface area contributed by atoms with Gasteiger partial charge in [0.25, 0.3) is 5.56 Å². The number of carbonyl (C=O) groups is 1. The van der Waals surface area contributed by atoms with Crippen molar-refractivity contribution in [1.82, 2.24) is 14.9 Å². The van der Waals surface area contributed by atoms with E-state index < -0.39 is 6.09 Å². The molecule has 1 aromatic heterocycles. The monoisotopic (exact) mass is 377 g/mol. The Labute approximate surface area is 161 Å². The van der Waals surface area contributed by atoms with E-state index in [0.717, 1.165) is 0 Å². The second kappa shape index (κ2) is 8.84. The topological polar surface area (TPSA) is 104 Å². The number of nitrogens with one attached hydrogen (secondary N) is 1. The molecule has 0 spiro atoms. The van der Waals surface area contributed by atoms with Gasteiger partial charge in [0.1, 0.15) is 12.4 Å². The molecule has 0 atom stereocenters. The van der Waals surface area contributed by atoms with Gasteiger partial charge in [-0.3, -0.25) is 9.36 Å². The van der Waals surface area contributed by atoms with Crippen LogP contribution in [-0.4, -0.2) is 39.0 Å². The molecule has 3 aromatic rings. The van der Waals surface area contributed by atoms with Crippen molar-refractivity contribution in [1.29, 1.82) is 0 Å². The van der Waals surface area contributed by atoms with Crippen LogP contribution in [0.4, 0.5) is 4.79 Å². The Morgan fingerprint density at radius 3 is 2.64 bits per heavy atom. The molecule has 0 aliphatic rings. The van der Waals surface area contributed by atoms with Gasteiger partial charge < -0.3 is 15.5 Å². The van der Waals surface area contributed by atoms with Crippen molar-refractivity contribution in [3.8, 4) is 17.5 Å². The molecule has 0 bridgehead atoms. The molecule has 0 aliphatic carbocycles. The highest BCUT2D eigenvalue weighted by molar-refractivity contribution is 5.84. The minimum atomic E-state index is -1.08. The number of aromatic nitrogens is 2. The lowest BCUT2D eigenvalue weighted by molar-refractivity contribution is 0.194. The molecule has 1 heterocycles. The highest BCUT2D eigenvalue weighted by Gasteiger charge is 2.14. The van der Waals surface area contributed by atoms with Gasteiger partial charge in [-0.05, 0) is 30.7 Å². The first kappa shape index (κ1) is 19.1. The van der Waals surface area contributed by atoms with E-state index >= 15 is 0 Å². The van der Waals surface area contributed by atoms with Crippen molar-refractivity contribution in [3.05, 3.63) is 70.3 Å². The fraction of sp³-hybridized carbons (Fsp3) is 0.190. The second-order valence-corrected chi connectivity index (χ2v) is 6.00. The van der Waals surface area contributed by atoms with Gasteiger partial charge >= 0.3 is 6.09 Å². The maximum absolute atomic E-state index is 13.4. The van der Waals surface area contributed by atoms with Crippen molar-refractivity contribution in [2.45, 2.75) is 12.8 Å². The van der Waals surface area contributed by atoms with Crippen LogP contribution < -0.4 is 10.9 Å². The molecule has 3 rings (SSSR count). The Morgan fingerprint density at radius 1 is 1.14 bits per heavy atom. The van der Waals surface area contributed by atoms with Crippen molar-refractivity contribution >= 4 is 17.0 Å². The molecule has 28 heavy (non-hydrogen) atoms. The number of aryl methyl sites for hydroxylation is 1. The summed E-state index contributed by atoms with van der Waals surface area (Å²) in [7, 11) is 0. The van der Waals surface area contributed by atoms with Crippen LogP contribution in [0.3, 0.4) is 0 Å². The second-order valence-electron chi connectivity index (χ2n) is 6.00. The largest absolute Gasteiger partial charge is 0.465 e. The maximum Gasteiger partial charge on any atom is 0.404 e. The normalized spacial score (nSPS) is 10.3. The van der Waals surface area contributed by atoms with E-state index in [1.54, 1.807) is 18.2 Å². The lowest BCUT2D eigenvalue weighted by atomic mass is 10.1. The quantitative estimate of drug-likeness (QED) is 0.466. The smallest absolute Gasteiger partial charge is 0.404 e. The minimum absolute atomic E-state index is 0.250. The molecule has 0 aliphatic heterocycles. The van der Waals surface area contributed by atoms with Crippen molar-refractivity contribution in [2.24, 2.45) is 0 Å². The van der Waals surface area contributed by atoms with E-state index in [1.165, 1.54) is 4.57 Å². The van der Waals surface area contributed by atoms with Gasteiger partial charge in [-0.15, -0.1) is 0 Å². The molecule has 1 amide bonds. The molecule has 142 valence electrons. The SMILES string of the molecule is O=C(O)NCCCc1nc2cccc(C#CCO)c2c(=O)n1-c1ccccc1. The summed E-state index contributed by atoms with van der Waals surface area (Å²) in [5.41, 5.74) is 1.45. The molecule has 0 saturated heterocycles. The highest BCUT2D eigenvalue weighted by Crippen LogP contribution is 2.17. The Balaban J connectivity index is 2.16. The average molecular weight is 377 g/mol. The summed E-state index contributed by atoms with van der Waals surface area (Å²) >= 11 is 0. The summed E-state index contributed by atoms with van der Waals surface area (Å²) in [6.45, 7) is -0.0363. The molecule has 0 fully saturated rings. The van der Waals surface area contributed by atoms with Gasteiger partial charge in [0, 0.05) is 18.5 Å². The van der Waals surface area contributed by atoms with Gasteiger partial charge in [-0.1, -0.05) is 36.1 Å². The van der Waals surface area contributed by atoms with E-state index in [4.69, 9.17) is 10.2 Å². The molecule has 2 aromatic carbocycles. The first-order valence-electron chi connectivity index (χ1n) is 8.78. The predicted molar refractivity (Wildman–Crippen MR) is 106 cm³/mol. The maximum atomic E-state index is 13.4. The number of para-hydroxylation sites is 1. The molecule has 3 N–H and O–H groups in total. The first-order valence-corrected chi connectivity index (χ1v) is 8.78. The van der Waals surface area contributed by atoms with Crippen LogP contribution in [0.5, 0.6) is 0 Å². The molecular formula is C21H19N3O4. The number of nitrogens with zero attached hydrogens (tertiary/aromatic N) is 2. The zero-order valence-corrected chi connectivity index (χ0v) is 15.1. The van der Waals surface area contributed by atoms with Gasteiger partial charge in [0.15, 0.2) is 0 Å². The number of aliphatic hydroxyl groups is 1. The van der Waals surface area contributed by atoms with Gasteiger partial charge in [-0.2, -0.15) is 0 Å². The van der Waals surface area contributed by atoms with E-state index in [2.05, 4.69) is 22.1 Å². The number of carboxylic acid groups (broad SMARTS) is 1. The van der Waals surface area contributed by atoms with Gasteiger partial charge in [0.2, 0.25) is 0 Å². The highest BCUT2D eigenvalue weighted by atomic mass is 16.4. The summed E-state index contributed by atoms with van der Waals surface area (Å²) in [6.07, 6.45) is -0.160. The van der Waals surface area contributed by atoms with Crippen molar-refractivity contribution < 1.29 is 15.0 Å². The van der Waals surface area contributed by atoms with E-state index in [9.17, 15) is 9.59 Å².